The van der Waals surface area contributed by atoms with Crippen LogP contribution in [-0.4, -0.2) is 73.5 Å². The number of piperazine rings is 1. The maximum atomic E-state index is 14.7. The highest BCUT2D eigenvalue weighted by molar-refractivity contribution is 6.22. The van der Waals surface area contributed by atoms with Gasteiger partial charge in [0.25, 0.3) is 11.5 Å². The maximum Gasteiger partial charge on any atom is 0.332 e. The molecule has 4 heterocycles. The van der Waals surface area contributed by atoms with Crippen molar-refractivity contribution in [1.29, 1.82) is 0 Å². The predicted octanol–water partition coefficient (Wildman–Crippen LogP) is 1.03. The number of rotatable bonds is 6. The van der Waals surface area contributed by atoms with Gasteiger partial charge in [0.15, 0.2) is 11.2 Å². The number of benzene rings is 2. The summed E-state index contributed by atoms with van der Waals surface area (Å²) in [4.78, 5) is 73.4. The third-order valence-electron chi connectivity index (χ3n) is 8.22. The maximum absolute atomic E-state index is 14.7. The van der Waals surface area contributed by atoms with Crippen LogP contribution in [-0.2, 0) is 35.0 Å². The van der Waals surface area contributed by atoms with Crippen molar-refractivity contribution in [3.05, 3.63) is 80.7 Å². The van der Waals surface area contributed by atoms with Gasteiger partial charge in [-0.25, -0.2) is 14.1 Å². The molecule has 2 aliphatic heterocycles. The van der Waals surface area contributed by atoms with E-state index in [0.29, 0.717) is 49.1 Å². The van der Waals surface area contributed by atoms with Gasteiger partial charge in [-0.15, -0.1) is 0 Å². The highest BCUT2D eigenvalue weighted by Gasteiger charge is 2.43. The van der Waals surface area contributed by atoms with Gasteiger partial charge in [0.1, 0.15) is 5.82 Å². The minimum absolute atomic E-state index is 0.0253. The summed E-state index contributed by atoms with van der Waals surface area (Å²) < 4.78 is 18.7. The van der Waals surface area contributed by atoms with Crippen LogP contribution >= 0.6 is 0 Å². The van der Waals surface area contributed by atoms with Crippen molar-refractivity contribution >= 4 is 46.2 Å². The number of hydrogen-bond acceptors (Lipinski definition) is 8. The Labute approximate surface area is 250 Å². The highest BCUT2D eigenvalue weighted by Crippen LogP contribution is 2.29. The first-order valence-electron chi connectivity index (χ1n) is 14.2. The summed E-state index contributed by atoms with van der Waals surface area (Å²) in [5, 5.41) is 2.66. The monoisotopic (exact) mass is 602 g/mol. The lowest BCUT2D eigenvalue weighted by Crippen LogP contribution is -2.53. The topological polar surface area (TPSA) is 135 Å². The quantitative estimate of drug-likeness (QED) is 0.324. The number of nitrogens with one attached hydrogen (secondary N) is 1. The fraction of sp³-hybridized carbons (Fsp3) is 0.333. The Morgan fingerprint density at radius 1 is 0.955 bits per heavy atom. The third-order valence-corrected chi connectivity index (χ3v) is 8.22. The zero-order valence-corrected chi connectivity index (χ0v) is 24.5. The molecule has 0 bridgehead atoms. The zero-order chi connectivity index (χ0) is 31.3. The molecule has 1 atom stereocenters. The van der Waals surface area contributed by atoms with Crippen molar-refractivity contribution < 1.29 is 18.8 Å². The van der Waals surface area contributed by atoms with Crippen LogP contribution in [0.5, 0.6) is 0 Å². The second-order valence-electron chi connectivity index (χ2n) is 11.0. The number of carbonyl (C=O) groups is 3. The summed E-state index contributed by atoms with van der Waals surface area (Å²) in [5.74, 6) is -0.861. The van der Waals surface area contributed by atoms with E-state index in [1.165, 1.54) is 36.6 Å². The number of imidazole rings is 1. The average Bonchev–Trinajstić information content (AvgIpc) is 3.53. The van der Waals surface area contributed by atoms with Gasteiger partial charge in [0.2, 0.25) is 17.8 Å². The lowest BCUT2D eigenvalue weighted by molar-refractivity contribution is -0.123. The molecule has 44 heavy (non-hydrogen) atoms. The van der Waals surface area contributed by atoms with Crippen molar-refractivity contribution in [2.24, 2.45) is 14.1 Å². The Hall–Kier alpha value is -5.11. The molecular weight excluding hydrogens is 571 g/mol. The van der Waals surface area contributed by atoms with E-state index in [-0.39, 0.29) is 41.9 Å². The first kappa shape index (κ1) is 29.0. The lowest BCUT2D eigenvalue weighted by Gasteiger charge is -2.37. The minimum atomic E-state index is -0.634. The molecule has 0 aliphatic carbocycles. The largest absolute Gasteiger partial charge is 0.340 e. The van der Waals surface area contributed by atoms with Gasteiger partial charge in [-0.2, -0.15) is 4.98 Å². The molecule has 228 valence electrons. The number of amides is 3. The molecule has 2 aromatic heterocycles. The number of carbonyl (C=O) groups excluding carboxylic acids is 3. The van der Waals surface area contributed by atoms with E-state index in [2.05, 4.69) is 5.32 Å². The van der Waals surface area contributed by atoms with Crippen molar-refractivity contribution in [2.45, 2.75) is 25.9 Å². The molecule has 2 aromatic carbocycles. The van der Waals surface area contributed by atoms with E-state index in [1.54, 1.807) is 47.0 Å². The van der Waals surface area contributed by atoms with Crippen molar-refractivity contribution in [3.63, 3.8) is 0 Å². The minimum Gasteiger partial charge on any atom is -0.340 e. The van der Waals surface area contributed by atoms with Gasteiger partial charge in [-0.05, 0) is 30.3 Å². The van der Waals surface area contributed by atoms with E-state index in [0.717, 1.165) is 4.57 Å². The fourth-order valence-electron chi connectivity index (χ4n) is 5.93. The molecule has 1 unspecified atom stereocenters. The number of hydrogen-bond donors (Lipinski definition) is 1. The number of nitrogens with zero attached hydrogens (tertiary/aromatic N) is 7. The molecule has 14 heteroatoms. The Morgan fingerprint density at radius 3 is 2.30 bits per heavy atom. The number of anilines is 3. The van der Waals surface area contributed by atoms with Gasteiger partial charge in [0.05, 0.1) is 24.7 Å². The first-order chi connectivity index (χ1) is 21.0. The summed E-state index contributed by atoms with van der Waals surface area (Å²) >= 11 is 0. The predicted molar refractivity (Wildman–Crippen MR) is 161 cm³/mol. The molecule has 0 saturated carbocycles. The average molecular weight is 603 g/mol. The molecule has 4 aromatic rings. The van der Waals surface area contributed by atoms with Crippen LogP contribution in [0.25, 0.3) is 11.2 Å². The van der Waals surface area contributed by atoms with Crippen LogP contribution in [0, 0.1) is 5.82 Å². The molecule has 0 spiro atoms. The van der Waals surface area contributed by atoms with Crippen LogP contribution in [0.1, 0.15) is 18.9 Å². The SMILES string of the molecule is CC(=O)Nc1ccc(N2C(=O)CC(N3CCN(c4nc5c(c(=O)n(C)c(=O)n5C)n4Cc4ccccc4F)CC3)C2=O)cc1. The van der Waals surface area contributed by atoms with E-state index in [4.69, 9.17) is 4.98 Å². The molecular formula is C30H31FN8O5. The van der Waals surface area contributed by atoms with Crippen molar-refractivity contribution in [1.82, 2.24) is 23.6 Å². The van der Waals surface area contributed by atoms with Crippen LogP contribution in [0.4, 0.5) is 21.7 Å². The number of imide groups is 1. The Morgan fingerprint density at radius 2 is 1.64 bits per heavy atom. The van der Waals surface area contributed by atoms with Gasteiger partial charge in [-0.3, -0.25) is 37.8 Å². The second kappa shape index (κ2) is 11.2. The summed E-state index contributed by atoms with van der Waals surface area (Å²) in [6.45, 7) is 3.11. The standard InChI is InChI=1S/C30H31FN8O5/c1-18(40)32-20-8-10-21(11-9-20)39-24(41)16-23(27(39)42)36-12-14-37(15-13-36)29-33-26-25(28(43)35(3)30(44)34(26)2)38(29)17-19-6-4-5-7-22(19)31/h4-11,23H,12-17H2,1-3H3,(H,32,40). The summed E-state index contributed by atoms with van der Waals surface area (Å²) in [6.07, 6.45) is 0.0379. The summed E-state index contributed by atoms with van der Waals surface area (Å²) in [7, 11) is 2.93. The molecule has 1 N–H and O–H groups in total. The van der Waals surface area contributed by atoms with Gasteiger partial charge >= 0.3 is 5.69 Å². The fourth-order valence-corrected chi connectivity index (χ4v) is 5.93. The van der Waals surface area contributed by atoms with E-state index < -0.39 is 23.1 Å². The smallest absolute Gasteiger partial charge is 0.332 e. The van der Waals surface area contributed by atoms with Crippen LogP contribution < -0.4 is 26.4 Å². The number of aromatic nitrogens is 4. The zero-order valence-electron chi connectivity index (χ0n) is 24.5. The highest BCUT2D eigenvalue weighted by atomic mass is 19.1. The van der Waals surface area contributed by atoms with Crippen LogP contribution in [0.3, 0.4) is 0 Å². The van der Waals surface area contributed by atoms with Crippen LogP contribution in [0.2, 0.25) is 0 Å². The number of aryl methyl sites for hydroxylation is 1. The number of fused-ring (bicyclic) bond motifs is 1. The van der Waals surface area contributed by atoms with Gasteiger partial charge < -0.3 is 10.2 Å². The molecule has 2 saturated heterocycles. The lowest BCUT2D eigenvalue weighted by atomic mass is 10.1. The first-order valence-corrected chi connectivity index (χ1v) is 14.2. The summed E-state index contributed by atoms with van der Waals surface area (Å²) in [6, 6.07) is 12.2. The molecule has 2 fully saturated rings. The molecule has 6 rings (SSSR count). The molecule has 3 amide bonds. The molecule has 13 nitrogen and oxygen atoms in total. The Balaban J connectivity index is 1.25. The van der Waals surface area contributed by atoms with E-state index >= 15 is 0 Å². The summed E-state index contributed by atoms with van der Waals surface area (Å²) in [5.41, 5.74) is 0.694. The van der Waals surface area contributed by atoms with Crippen molar-refractivity contribution in [3.8, 4) is 0 Å². The van der Waals surface area contributed by atoms with Crippen molar-refractivity contribution in [2.75, 3.05) is 41.3 Å². The second-order valence-corrected chi connectivity index (χ2v) is 11.0. The number of halogens is 1. The molecule has 2 aliphatic rings. The third kappa shape index (κ3) is 4.96. The van der Waals surface area contributed by atoms with Gasteiger partial charge in [0, 0.05) is 58.4 Å². The van der Waals surface area contributed by atoms with Crippen LogP contribution in [0.15, 0.2) is 58.1 Å². The Kier molecular flexibility index (Phi) is 7.37. The van der Waals surface area contributed by atoms with Gasteiger partial charge in [-0.1, -0.05) is 18.2 Å². The van der Waals surface area contributed by atoms with E-state index in [1.807, 2.05) is 9.80 Å². The normalized spacial score (nSPS) is 17.6. The van der Waals surface area contributed by atoms with E-state index in [9.17, 15) is 28.4 Å². The Bertz CT molecular complexity index is 1920. The molecule has 0 radical (unpaired) electrons.